The molecule has 1 amide bonds. The normalized spacial score (nSPS) is 13.4. The van der Waals surface area contributed by atoms with Crippen molar-refractivity contribution in [2.45, 2.75) is 19.3 Å². The Labute approximate surface area is 175 Å². The van der Waals surface area contributed by atoms with Crippen LogP contribution in [0.4, 0.5) is 0 Å². The highest BCUT2D eigenvalue weighted by Gasteiger charge is 2.12. The Balaban J connectivity index is 1.52. The molecule has 5 heteroatoms. The first-order chi connectivity index (χ1) is 14.7. The second-order valence-corrected chi connectivity index (χ2v) is 7.50. The molecule has 5 nitrogen and oxygen atoms in total. The predicted octanol–water partition coefficient (Wildman–Crippen LogP) is 4.99. The van der Waals surface area contributed by atoms with Crippen molar-refractivity contribution in [3.63, 3.8) is 0 Å². The third kappa shape index (κ3) is 3.28. The molecule has 3 heterocycles. The van der Waals surface area contributed by atoms with Crippen LogP contribution in [0, 0.1) is 0 Å². The number of rotatable bonds is 4. The number of nitrogens with one attached hydrogen (secondary N) is 1. The summed E-state index contributed by atoms with van der Waals surface area (Å²) in [6.45, 7) is 0. The maximum atomic E-state index is 12.0. The average molecular weight is 394 g/mol. The zero-order chi connectivity index (χ0) is 20.5. The zero-order valence-corrected chi connectivity index (χ0v) is 16.8. The molecule has 0 saturated carbocycles. The number of imidazole rings is 1. The lowest BCUT2D eigenvalue weighted by Gasteiger charge is -2.08. The third-order valence-corrected chi connectivity index (χ3v) is 5.62. The van der Waals surface area contributed by atoms with Crippen molar-refractivity contribution in [3.8, 4) is 22.4 Å². The molecule has 148 valence electrons. The van der Waals surface area contributed by atoms with E-state index in [9.17, 15) is 4.79 Å². The molecule has 5 rings (SSSR count). The summed E-state index contributed by atoms with van der Waals surface area (Å²) in [7, 11) is 1.64. The highest BCUT2D eigenvalue weighted by Crippen LogP contribution is 2.30. The maximum Gasteiger partial charge on any atom is 0.251 e. The Hall–Kier alpha value is -3.73. The van der Waals surface area contributed by atoms with Crippen LogP contribution in [0.2, 0.25) is 0 Å². The lowest BCUT2D eigenvalue weighted by Crippen LogP contribution is -2.17. The summed E-state index contributed by atoms with van der Waals surface area (Å²) in [6, 6.07) is 15.9. The number of hydrogen-bond acceptors (Lipinski definition) is 3. The molecule has 4 aromatic rings. The quantitative estimate of drug-likeness (QED) is 0.530. The molecule has 0 spiro atoms. The first kappa shape index (κ1) is 18.3. The minimum atomic E-state index is -0.0908. The minimum absolute atomic E-state index is 0.0908. The number of hydrogen-bond donors (Lipinski definition) is 1. The number of amides is 1. The first-order valence-corrected chi connectivity index (χ1v) is 10.2. The second kappa shape index (κ2) is 7.59. The van der Waals surface area contributed by atoms with Crippen molar-refractivity contribution >= 4 is 17.1 Å². The monoisotopic (exact) mass is 394 g/mol. The van der Waals surface area contributed by atoms with Gasteiger partial charge in [0.1, 0.15) is 5.65 Å². The number of carbonyl (C=O) groups excluding carboxylic acids is 1. The van der Waals surface area contributed by atoms with E-state index in [1.54, 1.807) is 7.05 Å². The molecule has 0 bridgehead atoms. The molecule has 0 radical (unpaired) electrons. The van der Waals surface area contributed by atoms with E-state index in [0.29, 0.717) is 5.56 Å². The van der Waals surface area contributed by atoms with Crippen LogP contribution in [0.1, 0.15) is 35.3 Å². The topological polar surface area (TPSA) is 59.3 Å². The zero-order valence-electron chi connectivity index (χ0n) is 16.8. The lowest BCUT2D eigenvalue weighted by atomic mass is 10.0. The van der Waals surface area contributed by atoms with Gasteiger partial charge in [0, 0.05) is 30.6 Å². The van der Waals surface area contributed by atoms with E-state index >= 15 is 0 Å². The summed E-state index contributed by atoms with van der Waals surface area (Å²) in [4.78, 5) is 21.2. The highest BCUT2D eigenvalue weighted by atomic mass is 16.1. The van der Waals surface area contributed by atoms with Crippen molar-refractivity contribution in [2.75, 3.05) is 7.05 Å². The molecule has 1 N–H and O–H groups in total. The van der Waals surface area contributed by atoms with E-state index in [1.807, 2.05) is 55.0 Å². The molecule has 1 aliphatic carbocycles. The Kier molecular flexibility index (Phi) is 4.64. The Morgan fingerprint density at radius 2 is 1.93 bits per heavy atom. The van der Waals surface area contributed by atoms with Gasteiger partial charge in [0.15, 0.2) is 0 Å². The van der Waals surface area contributed by atoms with Gasteiger partial charge in [0.2, 0.25) is 0 Å². The number of carbonyl (C=O) groups is 1. The molecule has 1 aliphatic rings. The summed E-state index contributed by atoms with van der Waals surface area (Å²) in [5, 5.41) is 2.67. The molecule has 0 aliphatic heterocycles. The van der Waals surface area contributed by atoms with Gasteiger partial charge in [-0.05, 0) is 72.4 Å². The summed E-state index contributed by atoms with van der Waals surface area (Å²) in [6.07, 6.45) is 11.6. The smallest absolute Gasteiger partial charge is 0.251 e. The van der Waals surface area contributed by atoms with Crippen molar-refractivity contribution in [2.24, 2.45) is 0 Å². The minimum Gasteiger partial charge on any atom is -0.355 e. The predicted molar refractivity (Wildman–Crippen MR) is 119 cm³/mol. The number of nitrogens with zero attached hydrogens (tertiary/aromatic N) is 3. The largest absolute Gasteiger partial charge is 0.355 e. The Morgan fingerprint density at radius 1 is 1.03 bits per heavy atom. The maximum absolute atomic E-state index is 12.0. The van der Waals surface area contributed by atoms with Crippen LogP contribution >= 0.6 is 0 Å². The van der Waals surface area contributed by atoms with Gasteiger partial charge in [-0.1, -0.05) is 18.2 Å². The fraction of sp³-hybridized carbons (Fsp3) is 0.160. The first-order valence-electron chi connectivity index (χ1n) is 10.2. The van der Waals surface area contributed by atoms with Gasteiger partial charge in [0.25, 0.3) is 5.91 Å². The molecule has 30 heavy (non-hydrogen) atoms. The van der Waals surface area contributed by atoms with Crippen LogP contribution in [0.15, 0.2) is 73.2 Å². The van der Waals surface area contributed by atoms with Crippen LogP contribution in [0.3, 0.4) is 0 Å². The van der Waals surface area contributed by atoms with Crippen LogP contribution in [0.5, 0.6) is 0 Å². The summed E-state index contributed by atoms with van der Waals surface area (Å²) in [5.74, 6) is -0.0908. The van der Waals surface area contributed by atoms with Gasteiger partial charge in [0.05, 0.1) is 17.6 Å². The van der Waals surface area contributed by atoms with Crippen molar-refractivity contribution in [3.05, 3.63) is 84.5 Å². The van der Waals surface area contributed by atoms with Crippen LogP contribution in [0.25, 0.3) is 33.6 Å². The van der Waals surface area contributed by atoms with Crippen LogP contribution < -0.4 is 5.32 Å². The molecule has 0 fully saturated rings. The molecule has 0 atom stereocenters. The lowest BCUT2D eigenvalue weighted by molar-refractivity contribution is 0.0963. The van der Waals surface area contributed by atoms with E-state index < -0.39 is 0 Å². The molecular formula is C25H22N4O. The standard InChI is InChI=1S/C25H22N4O/c1-26-25(30)21-8-4-7-18(13-21)19-10-12-29-23(16-28-24(29)15-19)20-9-11-27-22(14-20)17-5-2-3-6-17/h4-5,7-16H,2-3,6H2,1H3,(H,26,30). The summed E-state index contributed by atoms with van der Waals surface area (Å²) >= 11 is 0. The van der Waals surface area contributed by atoms with Gasteiger partial charge >= 0.3 is 0 Å². The van der Waals surface area contributed by atoms with Crippen LogP contribution in [-0.4, -0.2) is 27.3 Å². The average Bonchev–Trinajstić information content (AvgIpc) is 3.48. The highest BCUT2D eigenvalue weighted by molar-refractivity contribution is 5.95. The summed E-state index contributed by atoms with van der Waals surface area (Å²) < 4.78 is 2.09. The van der Waals surface area contributed by atoms with Crippen molar-refractivity contribution in [1.29, 1.82) is 0 Å². The fourth-order valence-electron chi connectivity index (χ4n) is 4.03. The second-order valence-electron chi connectivity index (χ2n) is 7.50. The van der Waals surface area contributed by atoms with E-state index in [1.165, 1.54) is 12.0 Å². The SMILES string of the molecule is CNC(=O)c1cccc(-c2ccn3c(-c4ccnc(C5=CCCC5)c4)cnc3c2)c1. The number of aromatic nitrogens is 3. The number of fused-ring (bicyclic) bond motifs is 1. The molecule has 1 aromatic carbocycles. The van der Waals surface area contributed by atoms with Crippen LogP contribution in [-0.2, 0) is 0 Å². The van der Waals surface area contributed by atoms with Gasteiger partial charge in [-0.3, -0.25) is 14.2 Å². The van der Waals surface area contributed by atoms with E-state index in [-0.39, 0.29) is 5.91 Å². The third-order valence-electron chi connectivity index (χ3n) is 5.62. The van der Waals surface area contributed by atoms with Gasteiger partial charge in [-0.25, -0.2) is 4.98 Å². The molecular weight excluding hydrogens is 372 g/mol. The van der Waals surface area contributed by atoms with E-state index in [2.05, 4.69) is 37.9 Å². The molecule has 0 unspecified atom stereocenters. The fourth-order valence-corrected chi connectivity index (χ4v) is 4.03. The molecule has 3 aromatic heterocycles. The van der Waals surface area contributed by atoms with E-state index in [0.717, 1.165) is 46.6 Å². The summed E-state index contributed by atoms with van der Waals surface area (Å²) in [5.41, 5.74) is 8.06. The number of pyridine rings is 2. The number of benzene rings is 1. The van der Waals surface area contributed by atoms with Gasteiger partial charge < -0.3 is 5.32 Å². The number of allylic oxidation sites excluding steroid dienone is 2. The van der Waals surface area contributed by atoms with E-state index in [4.69, 9.17) is 0 Å². The van der Waals surface area contributed by atoms with Gasteiger partial charge in [-0.15, -0.1) is 0 Å². The molecule has 0 saturated heterocycles. The van der Waals surface area contributed by atoms with Crippen molar-refractivity contribution in [1.82, 2.24) is 19.7 Å². The Morgan fingerprint density at radius 3 is 2.77 bits per heavy atom. The Bertz CT molecular complexity index is 1290. The van der Waals surface area contributed by atoms with Crippen molar-refractivity contribution < 1.29 is 4.79 Å². The van der Waals surface area contributed by atoms with Gasteiger partial charge in [-0.2, -0.15) is 0 Å².